The van der Waals surface area contributed by atoms with Gasteiger partial charge in [-0.1, -0.05) is 6.07 Å². The average molecular weight is 314 g/mol. The number of carbonyl (C=O) groups excluding carboxylic acids is 1. The number of hydrogen-bond donors (Lipinski definition) is 0. The Morgan fingerprint density at radius 2 is 1.86 bits per heavy atom. The van der Waals surface area contributed by atoms with Gasteiger partial charge in [0.15, 0.2) is 0 Å². The molecule has 1 aromatic rings. The topological polar surface area (TPSA) is 66.9 Å². The molecule has 1 aromatic carbocycles. The molecule has 0 spiro atoms. The lowest BCUT2D eigenvalue weighted by atomic mass is 10.3. The van der Waals surface area contributed by atoms with E-state index in [1.807, 2.05) is 13.8 Å². The van der Waals surface area contributed by atoms with Gasteiger partial charge >= 0.3 is 0 Å². The highest BCUT2D eigenvalue weighted by Gasteiger charge is 2.23. The van der Waals surface area contributed by atoms with Crippen LogP contribution in [0.5, 0.6) is 5.75 Å². The van der Waals surface area contributed by atoms with Gasteiger partial charge in [-0.15, -0.1) is 0 Å². The van der Waals surface area contributed by atoms with E-state index in [0.717, 1.165) is 10.6 Å². The zero-order chi connectivity index (χ0) is 16.0. The fourth-order valence-corrected chi connectivity index (χ4v) is 2.81. The van der Waals surface area contributed by atoms with Crippen molar-refractivity contribution < 1.29 is 17.9 Å². The number of anilines is 1. The molecule has 0 radical (unpaired) electrons. The summed E-state index contributed by atoms with van der Waals surface area (Å²) < 4.78 is 30.2. The molecule has 1 amide bonds. The van der Waals surface area contributed by atoms with Crippen LogP contribution in [0.4, 0.5) is 5.69 Å². The van der Waals surface area contributed by atoms with Crippen molar-refractivity contribution in [2.75, 3.05) is 37.3 Å². The van der Waals surface area contributed by atoms with Crippen LogP contribution in [0.3, 0.4) is 0 Å². The van der Waals surface area contributed by atoms with E-state index in [0.29, 0.717) is 24.5 Å². The first-order valence-electron chi connectivity index (χ1n) is 6.73. The third-order valence-corrected chi connectivity index (χ3v) is 4.28. The minimum atomic E-state index is -3.56. The molecule has 0 N–H and O–H groups in total. The summed E-state index contributed by atoms with van der Waals surface area (Å²) in [4.78, 5) is 13.8. The molecule has 0 aromatic heterocycles. The molecule has 0 fully saturated rings. The molecular weight excluding hydrogens is 292 g/mol. The summed E-state index contributed by atoms with van der Waals surface area (Å²) >= 11 is 0. The SMILES string of the molecule is CCN(CC)C(=O)CN(c1cccc(OC)c1)S(C)(=O)=O. The average Bonchev–Trinajstić information content (AvgIpc) is 2.45. The van der Waals surface area contributed by atoms with E-state index in [9.17, 15) is 13.2 Å². The zero-order valence-corrected chi connectivity index (χ0v) is 13.7. The summed E-state index contributed by atoms with van der Waals surface area (Å²) in [7, 11) is -2.05. The van der Waals surface area contributed by atoms with Crippen molar-refractivity contribution in [3.8, 4) is 5.75 Å². The van der Waals surface area contributed by atoms with Crippen molar-refractivity contribution in [3.05, 3.63) is 24.3 Å². The molecule has 7 heteroatoms. The van der Waals surface area contributed by atoms with Crippen LogP contribution in [-0.2, 0) is 14.8 Å². The molecular formula is C14H22N2O4S. The third kappa shape index (κ3) is 4.63. The van der Waals surface area contributed by atoms with E-state index in [2.05, 4.69) is 0 Å². The summed E-state index contributed by atoms with van der Waals surface area (Å²) in [5, 5.41) is 0. The lowest BCUT2D eigenvalue weighted by Gasteiger charge is -2.26. The number of carbonyl (C=O) groups is 1. The summed E-state index contributed by atoms with van der Waals surface area (Å²) in [5.41, 5.74) is 0.414. The monoisotopic (exact) mass is 314 g/mol. The predicted molar refractivity (Wildman–Crippen MR) is 83.1 cm³/mol. The van der Waals surface area contributed by atoms with Gasteiger partial charge in [0.25, 0.3) is 0 Å². The van der Waals surface area contributed by atoms with E-state index >= 15 is 0 Å². The lowest BCUT2D eigenvalue weighted by molar-refractivity contribution is -0.129. The summed E-state index contributed by atoms with van der Waals surface area (Å²) in [5.74, 6) is 0.310. The van der Waals surface area contributed by atoms with Gasteiger partial charge in [-0.25, -0.2) is 8.42 Å². The number of hydrogen-bond acceptors (Lipinski definition) is 4. The summed E-state index contributed by atoms with van der Waals surface area (Å²) in [6.07, 6.45) is 1.09. The number of benzene rings is 1. The van der Waals surface area contributed by atoms with Crippen molar-refractivity contribution in [1.82, 2.24) is 4.90 Å². The quantitative estimate of drug-likeness (QED) is 0.761. The number of methoxy groups -OCH3 is 1. The van der Waals surface area contributed by atoms with Gasteiger partial charge in [-0.3, -0.25) is 9.10 Å². The molecule has 0 saturated heterocycles. The second-order valence-electron chi connectivity index (χ2n) is 4.54. The highest BCUT2D eigenvalue weighted by atomic mass is 32.2. The first-order valence-corrected chi connectivity index (χ1v) is 8.57. The van der Waals surface area contributed by atoms with Crippen LogP contribution in [0, 0.1) is 0 Å². The second kappa shape index (κ2) is 7.31. The Bertz CT molecular complexity index is 582. The molecule has 21 heavy (non-hydrogen) atoms. The van der Waals surface area contributed by atoms with Crippen LogP contribution < -0.4 is 9.04 Å². The van der Waals surface area contributed by atoms with Crippen LogP contribution >= 0.6 is 0 Å². The van der Waals surface area contributed by atoms with E-state index in [1.54, 1.807) is 29.2 Å². The van der Waals surface area contributed by atoms with Crippen molar-refractivity contribution >= 4 is 21.6 Å². The molecule has 0 aliphatic rings. The van der Waals surface area contributed by atoms with Gasteiger partial charge < -0.3 is 9.64 Å². The Kier molecular flexibility index (Phi) is 6.02. The molecule has 0 aliphatic heterocycles. The molecule has 118 valence electrons. The van der Waals surface area contributed by atoms with Crippen LogP contribution in [0.2, 0.25) is 0 Å². The maximum Gasteiger partial charge on any atom is 0.243 e. The van der Waals surface area contributed by atoms with Crippen molar-refractivity contribution in [1.29, 1.82) is 0 Å². The lowest BCUT2D eigenvalue weighted by Crippen LogP contribution is -2.42. The summed E-state index contributed by atoms with van der Waals surface area (Å²) in [6.45, 7) is 4.60. The van der Waals surface area contributed by atoms with Gasteiger partial charge in [0, 0.05) is 19.2 Å². The Labute approximate surface area is 126 Å². The predicted octanol–water partition coefficient (Wildman–Crippen LogP) is 1.33. The largest absolute Gasteiger partial charge is 0.497 e. The smallest absolute Gasteiger partial charge is 0.243 e. The highest BCUT2D eigenvalue weighted by molar-refractivity contribution is 7.92. The standard InChI is InChI=1S/C14H22N2O4S/c1-5-15(6-2)14(17)11-16(21(4,18)19)12-8-7-9-13(10-12)20-3/h7-10H,5-6,11H2,1-4H3. The normalized spacial score (nSPS) is 11.0. The number of ether oxygens (including phenoxy) is 1. The highest BCUT2D eigenvalue weighted by Crippen LogP contribution is 2.23. The molecule has 0 unspecified atom stereocenters. The Balaban J connectivity index is 3.10. The molecule has 0 atom stereocenters. The van der Waals surface area contributed by atoms with Gasteiger partial charge in [0.05, 0.1) is 19.1 Å². The fourth-order valence-electron chi connectivity index (χ4n) is 1.96. The molecule has 0 heterocycles. The maximum absolute atomic E-state index is 12.2. The van der Waals surface area contributed by atoms with Gasteiger partial charge in [0.1, 0.15) is 12.3 Å². The molecule has 6 nitrogen and oxygen atoms in total. The van der Waals surface area contributed by atoms with Crippen LogP contribution in [0.1, 0.15) is 13.8 Å². The summed E-state index contributed by atoms with van der Waals surface area (Å²) in [6, 6.07) is 6.64. The number of sulfonamides is 1. The number of nitrogens with zero attached hydrogens (tertiary/aromatic N) is 2. The van der Waals surface area contributed by atoms with Gasteiger partial charge in [0.2, 0.25) is 15.9 Å². The minimum absolute atomic E-state index is 0.215. The fraction of sp³-hybridized carbons (Fsp3) is 0.500. The Morgan fingerprint density at radius 3 is 2.33 bits per heavy atom. The van der Waals surface area contributed by atoms with Crippen LogP contribution in [-0.4, -0.2) is 52.2 Å². The minimum Gasteiger partial charge on any atom is -0.497 e. The number of amides is 1. The number of rotatable bonds is 7. The van der Waals surface area contributed by atoms with Crippen molar-refractivity contribution in [2.45, 2.75) is 13.8 Å². The molecule has 0 saturated carbocycles. The van der Waals surface area contributed by atoms with Crippen LogP contribution in [0.25, 0.3) is 0 Å². The molecule has 0 aliphatic carbocycles. The van der Waals surface area contributed by atoms with Crippen molar-refractivity contribution in [3.63, 3.8) is 0 Å². The van der Waals surface area contributed by atoms with Gasteiger partial charge in [-0.05, 0) is 26.0 Å². The maximum atomic E-state index is 12.2. The van der Waals surface area contributed by atoms with E-state index in [-0.39, 0.29) is 12.5 Å². The first-order chi connectivity index (χ1) is 9.83. The zero-order valence-electron chi connectivity index (χ0n) is 12.9. The number of likely N-dealkylation sites (N-methyl/N-ethyl adjacent to an activating group) is 1. The van der Waals surface area contributed by atoms with E-state index < -0.39 is 10.0 Å². The third-order valence-electron chi connectivity index (χ3n) is 3.14. The van der Waals surface area contributed by atoms with Crippen molar-refractivity contribution in [2.24, 2.45) is 0 Å². The van der Waals surface area contributed by atoms with E-state index in [4.69, 9.17) is 4.74 Å². The molecule has 0 bridgehead atoms. The Morgan fingerprint density at radius 1 is 1.24 bits per heavy atom. The second-order valence-corrected chi connectivity index (χ2v) is 6.44. The van der Waals surface area contributed by atoms with E-state index in [1.165, 1.54) is 7.11 Å². The molecule has 1 rings (SSSR count). The van der Waals surface area contributed by atoms with Gasteiger partial charge in [-0.2, -0.15) is 0 Å². The van der Waals surface area contributed by atoms with Crippen LogP contribution in [0.15, 0.2) is 24.3 Å². The first kappa shape index (κ1) is 17.3. The Hall–Kier alpha value is -1.76.